The summed E-state index contributed by atoms with van der Waals surface area (Å²) in [4.78, 5) is 16.1. The van der Waals surface area contributed by atoms with Crippen LogP contribution in [0.25, 0.3) is 11.3 Å². The number of carbonyl (C=O) groups is 1. The normalized spacial score (nSPS) is 16.7. The number of hydrogen-bond acceptors (Lipinski definition) is 3. The first-order valence-corrected chi connectivity index (χ1v) is 6.84. The Bertz CT molecular complexity index is 675. The maximum Gasteiger partial charge on any atom is 0.251 e. The number of rotatable bonds is 3. The van der Waals surface area contributed by atoms with Crippen molar-refractivity contribution in [2.75, 3.05) is 0 Å². The molecule has 0 unspecified atom stereocenters. The van der Waals surface area contributed by atoms with Gasteiger partial charge in [-0.15, -0.1) is 0 Å². The largest absolute Gasteiger partial charge is 0.489 e. The van der Waals surface area contributed by atoms with Crippen LogP contribution < -0.4 is 10.1 Å². The van der Waals surface area contributed by atoms with Crippen LogP contribution in [0.3, 0.4) is 0 Å². The van der Waals surface area contributed by atoms with Crippen molar-refractivity contribution in [3.8, 4) is 17.0 Å². The third-order valence-corrected chi connectivity index (χ3v) is 3.69. The molecular formula is C16H14N2O2. The molecule has 2 heterocycles. The van der Waals surface area contributed by atoms with Gasteiger partial charge in [0.15, 0.2) is 0 Å². The number of aromatic nitrogens is 1. The predicted molar refractivity (Wildman–Crippen MR) is 74.5 cm³/mol. The van der Waals surface area contributed by atoms with Gasteiger partial charge < -0.3 is 10.1 Å². The molecule has 4 rings (SSSR count). The molecule has 1 fully saturated rings. The van der Waals surface area contributed by atoms with E-state index < -0.39 is 0 Å². The number of amides is 1. The molecule has 2 aromatic rings. The van der Waals surface area contributed by atoms with Gasteiger partial charge in [-0.2, -0.15) is 0 Å². The maximum atomic E-state index is 11.7. The number of hydrogen-bond donors (Lipinski definition) is 1. The summed E-state index contributed by atoms with van der Waals surface area (Å²) in [5, 5.41) is 2.85. The minimum Gasteiger partial charge on any atom is -0.489 e. The van der Waals surface area contributed by atoms with Crippen molar-refractivity contribution in [2.24, 2.45) is 0 Å². The predicted octanol–water partition coefficient (Wildman–Crippen LogP) is 2.53. The molecular weight excluding hydrogens is 252 g/mol. The Morgan fingerprint density at radius 3 is 2.75 bits per heavy atom. The lowest BCUT2D eigenvalue weighted by molar-refractivity contribution is 0.0966. The molecule has 1 aliphatic heterocycles. The van der Waals surface area contributed by atoms with Crippen molar-refractivity contribution in [1.29, 1.82) is 0 Å². The zero-order valence-corrected chi connectivity index (χ0v) is 10.9. The SMILES string of the molecule is O=C1NCc2c1cccc2-c1ccc(OC2CC2)cn1. The molecule has 1 aromatic heterocycles. The Morgan fingerprint density at radius 2 is 2.00 bits per heavy atom. The fourth-order valence-corrected chi connectivity index (χ4v) is 2.48. The van der Waals surface area contributed by atoms with Crippen LogP contribution >= 0.6 is 0 Å². The Morgan fingerprint density at radius 1 is 1.15 bits per heavy atom. The first kappa shape index (κ1) is 11.5. The molecule has 0 atom stereocenters. The summed E-state index contributed by atoms with van der Waals surface area (Å²) in [5.41, 5.74) is 3.67. The highest BCUT2D eigenvalue weighted by Crippen LogP contribution is 2.30. The highest BCUT2D eigenvalue weighted by molar-refractivity contribution is 6.00. The summed E-state index contributed by atoms with van der Waals surface area (Å²) in [6, 6.07) is 9.66. The zero-order chi connectivity index (χ0) is 13.5. The third kappa shape index (κ3) is 1.93. The van der Waals surface area contributed by atoms with Crippen LogP contribution in [0.2, 0.25) is 0 Å². The van der Waals surface area contributed by atoms with E-state index in [9.17, 15) is 4.79 Å². The number of pyridine rings is 1. The fraction of sp³-hybridized carbons (Fsp3) is 0.250. The highest BCUT2D eigenvalue weighted by Gasteiger charge is 2.24. The molecule has 1 N–H and O–H groups in total. The van der Waals surface area contributed by atoms with Crippen molar-refractivity contribution in [2.45, 2.75) is 25.5 Å². The molecule has 4 heteroatoms. The van der Waals surface area contributed by atoms with Crippen molar-refractivity contribution in [3.63, 3.8) is 0 Å². The first-order chi connectivity index (χ1) is 9.81. The molecule has 0 radical (unpaired) electrons. The smallest absolute Gasteiger partial charge is 0.251 e. The number of carbonyl (C=O) groups excluding carboxylic acids is 1. The van der Waals surface area contributed by atoms with E-state index in [1.165, 1.54) is 0 Å². The summed E-state index contributed by atoms with van der Waals surface area (Å²) in [6.45, 7) is 0.576. The standard InChI is InChI=1S/C16H14N2O2/c19-16-13-3-1-2-12(14(13)9-18-16)15-7-6-11(8-17-15)20-10-4-5-10/h1-3,6-8,10H,4-5,9H2,(H,18,19). The van der Waals surface area contributed by atoms with Crippen LogP contribution in [-0.4, -0.2) is 17.0 Å². The van der Waals surface area contributed by atoms with Gasteiger partial charge in [0.2, 0.25) is 0 Å². The lowest BCUT2D eigenvalue weighted by atomic mass is 10.0. The fourth-order valence-electron chi connectivity index (χ4n) is 2.48. The van der Waals surface area contributed by atoms with Crippen molar-refractivity contribution in [1.82, 2.24) is 10.3 Å². The van der Waals surface area contributed by atoms with E-state index in [0.717, 1.165) is 41.0 Å². The minimum absolute atomic E-state index is 0.00413. The maximum absolute atomic E-state index is 11.7. The molecule has 0 saturated heterocycles. The Hall–Kier alpha value is -2.36. The van der Waals surface area contributed by atoms with Gasteiger partial charge in [-0.3, -0.25) is 9.78 Å². The molecule has 1 aromatic carbocycles. The van der Waals surface area contributed by atoms with E-state index in [1.807, 2.05) is 30.3 Å². The summed E-state index contributed by atoms with van der Waals surface area (Å²) >= 11 is 0. The average Bonchev–Trinajstić information content (AvgIpc) is 3.22. The summed E-state index contributed by atoms with van der Waals surface area (Å²) in [6.07, 6.45) is 4.42. The van der Waals surface area contributed by atoms with Crippen LogP contribution in [0, 0.1) is 0 Å². The second-order valence-corrected chi connectivity index (χ2v) is 5.21. The van der Waals surface area contributed by atoms with Gasteiger partial charge in [0.05, 0.1) is 18.0 Å². The van der Waals surface area contributed by atoms with Crippen LogP contribution in [0.1, 0.15) is 28.8 Å². The number of benzene rings is 1. The lowest BCUT2D eigenvalue weighted by Crippen LogP contribution is -2.12. The van der Waals surface area contributed by atoms with Gasteiger partial charge in [0.1, 0.15) is 5.75 Å². The Balaban J connectivity index is 1.69. The second kappa shape index (κ2) is 4.34. The molecule has 1 aliphatic carbocycles. The van der Waals surface area contributed by atoms with E-state index in [0.29, 0.717) is 12.6 Å². The molecule has 4 nitrogen and oxygen atoms in total. The van der Waals surface area contributed by atoms with Crippen LogP contribution in [-0.2, 0) is 6.54 Å². The monoisotopic (exact) mass is 266 g/mol. The van der Waals surface area contributed by atoms with E-state index in [2.05, 4.69) is 10.3 Å². The third-order valence-electron chi connectivity index (χ3n) is 3.69. The Labute approximate surface area is 116 Å². The first-order valence-electron chi connectivity index (χ1n) is 6.84. The molecule has 100 valence electrons. The van der Waals surface area contributed by atoms with E-state index in [4.69, 9.17) is 4.74 Å². The molecule has 2 aliphatic rings. The van der Waals surface area contributed by atoms with Gasteiger partial charge in [0, 0.05) is 17.7 Å². The molecule has 0 spiro atoms. The molecule has 0 bridgehead atoms. The van der Waals surface area contributed by atoms with E-state index in [-0.39, 0.29) is 5.91 Å². The summed E-state index contributed by atoms with van der Waals surface area (Å²) in [5.74, 6) is 0.813. The van der Waals surface area contributed by atoms with Crippen molar-refractivity contribution < 1.29 is 9.53 Å². The number of nitrogens with zero attached hydrogens (tertiary/aromatic N) is 1. The zero-order valence-electron chi connectivity index (χ0n) is 10.9. The average molecular weight is 266 g/mol. The quantitative estimate of drug-likeness (QED) is 0.928. The van der Waals surface area contributed by atoms with Crippen molar-refractivity contribution >= 4 is 5.91 Å². The highest BCUT2D eigenvalue weighted by atomic mass is 16.5. The van der Waals surface area contributed by atoms with E-state index in [1.54, 1.807) is 6.20 Å². The van der Waals surface area contributed by atoms with Crippen molar-refractivity contribution in [3.05, 3.63) is 47.7 Å². The molecule has 1 saturated carbocycles. The van der Waals surface area contributed by atoms with Crippen LogP contribution in [0.5, 0.6) is 5.75 Å². The van der Waals surface area contributed by atoms with Gasteiger partial charge in [-0.1, -0.05) is 12.1 Å². The van der Waals surface area contributed by atoms with Gasteiger partial charge in [0.25, 0.3) is 5.91 Å². The summed E-state index contributed by atoms with van der Waals surface area (Å²) < 4.78 is 5.70. The summed E-state index contributed by atoms with van der Waals surface area (Å²) in [7, 11) is 0. The van der Waals surface area contributed by atoms with Gasteiger partial charge >= 0.3 is 0 Å². The minimum atomic E-state index is -0.00413. The topological polar surface area (TPSA) is 51.2 Å². The van der Waals surface area contributed by atoms with E-state index >= 15 is 0 Å². The van der Waals surface area contributed by atoms with Gasteiger partial charge in [-0.25, -0.2) is 0 Å². The van der Waals surface area contributed by atoms with Crippen LogP contribution in [0.15, 0.2) is 36.5 Å². The molecule has 1 amide bonds. The van der Waals surface area contributed by atoms with Crippen LogP contribution in [0.4, 0.5) is 0 Å². The second-order valence-electron chi connectivity index (χ2n) is 5.21. The number of fused-ring (bicyclic) bond motifs is 1. The lowest BCUT2D eigenvalue weighted by Gasteiger charge is -2.08. The van der Waals surface area contributed by atoms with Gasteiger partial charge in [-0.05, 0) is 36.6 Å². The number of ether oxygens (including phenoxy) is 1. The number of nitrogens with one attached hydrogen (secondary N) is 1. The molecule has 20 heavy (non-hydrogen) atoms. The Kier molecular flexibility index (Phi) is 2.49.